The molecule has 9 heteroatoms. The summed E-state index contributed by atoms with van der Waals surface area (Å²) in [7, 11) is -4.88. The standard InChI is InChI=1S/C14H8O7S.Na/c15-8-5-9(22(19,20)21)14(18)11-10(8)12(16)6-3-1-2-4-7(6)13(11)17;/h1-5,15,18H,(H,19,20,21);/q;+1. The number of carbonyl (C=O) groups excluding carboxylic acids is 2. The van der Waals surface area contributed by atoms with Gasteiger partial charge in [0.2, 0.25) is 0 Å². The van der Waals surface area contributed by atoms with Crippen molar-refractivity contribution in [1.82, 2.24) is 0 Å². The number of carbonyl (C=O) groups is 2. The predicted molar refractivity (Wildman–Crippen MR) is 72.9 cm³/mol. The van der Waals surface area contributed by atoms with Crippen molar-refractivity contribution in [2.45, 2.75) is 4.90 Å². The summed E-state index contributed by atoms with van der Waals surface area (Å²) in [6.45, 7) is 0. The fraction of sp³-hybridized carbons (Fsp3) is 0. The van der Waals surface area contributed by atoms with Crippen LogP contribution in [0.4, 0.5) is 0 Å². The van der Waals surface area contributed by atoms with Gasteiger partial charge >= 0.3 is 29.6 Å². The Hall–Kier alpha value is -1.71. The normalized spacial score (nSPS) is 13.1. The third-order valence-corrected chi connectivity index (χ3v) is 4.26. The van der Waals surface area contributed by atoms with Crippen LogP contribution in [-0.2, 0) is 10.1 Å². The Bertz CT molecular complexity index is 963. The van der Waals surface area contributed by atoms with Gasteiger partial charge in [-0.2, -0.15) is 8.42 Å². The topological polar surface area (TPSA) is 129 Å². The van der Waals surface area contributed by atoms with Crippen LogP contribution in [-0.4, -0.2) is 34.8 Å². The molecule has 0 atom stereocenters. The van der Waals surface area contributed by atoms with Gasteiger partial charge in [-0.05, 0) is 0 Å². The number of phenolic OH excluding ortho intramolecular Hbond substituents is 2. The van der Waals surface area contributed by atoms with Crippen molar-refractivity contribution in [3.05, 3.63) is 52.6 Å². The number of benzene rings is 2. The van der Waals surface area contributed by atoms with Crippen LogP contribution in [0.5, 0.6) is 11.5 Å². The van der Waals surface area contributed by atoms with E-state index in [0.29, 0.717) is 6.07 Å². The minimum atomic E-state index is -4.88. The summed E-state index contributed by atoms with van der Waals surface area (Å²) in [6.07, 6.45) is 0. The Morgan fingerprint density at radius 3 is 1.83 bits per heavy atom. The number of rotatable bonds is 1. The first-order chi connectivity index (χ1) is 10.2. The van der Waals surface area contributed by atoms with Gasteiger partial charge in [0.15, 0.2) is 11.6 Å². The van der Waals surface area contributed by atoms with Crippen molar-refractivity contribution >= 4 is 21.7 Å². The average molecular weight is 343 g/mol. The quantitative estimate of drug-likeness (QED) is 0.268. The molecule has 3 N–H and O–H groups in total. The van der Waals surface area contributed by atoms with Crippen LogP contribution < -0.4 is 29.6 Å². The second-order valence-electron chi connectivity index (χ2n) is 4.67. The predicted octanol–water partition coefficient (Wildman–Crippen LogP) is -1.88. The van der Waals surface area contributed by atoms with Gasteiger partial charge in [0, 0.05) is 17.2 Å². The molecule has 0 fully saturated rings. The van der Waals surface area contributed by atoms with Gasteiger partial charge in [0.1, 0.15) is 16.4 Å². The van der Waals surface area contributed by atoms with E-state index in [-0.39, 0.29) is 40.7 Å². The summed E-state index contributed by atoms with van der Waals surface area (Å²) < 4.78 is 31.5. The first-order valence-corrected chi connectivity index (χ1v) is 7.42. The van der Waals surface area contributed by atoms with Gasteiger partial charge < -0.3 is 10.2 Å². The van der Waals surface area contributed by atoms with E-state index >= 15 is 0 Å². The summed E-state index contributed by atoms with van der Waals surface area (Å²) in [5, 5.41) is 19.9. The van der Waals surface area contributed by atoms with Crippen molar-refractivity contribution in [1.29, 1.82) is 0 Å². The van der Waals surface area contributed by atoms with Crippen molar-refractivity contribution in [3.8, 4) is 11.5 Å². The molecule has 0 heterocycles. The summed E-state index contributed by atoms with van der Waals surface area (Å²) in [4.78, 5) is 23.7. The maximum atomic E-state index is 12.4. The van der Waals surface area contributed by atoms with Gasteiger partial charge in [0.25, 0.3) is 10.1 Å². The van der Waals surface area contributed by atoms with Crippen molar-refractivity contribution in [2.75, 3.05) is 0 Å². The molecule has 0 spiro atoms. The Kier molecular flexibility index (Phi) is 4.40. The fourth-order valence-corrected chi connectivity index (χ4v) is 3.04. The molecule has 2 aromatic carbocycles. The molecule has 112 valence electrons. The summed E-state index contributed by atoms with van der Waals surface area (Å²) in [5.74, 6) is -3.42. The summed E-state index contributed by atoms with van der Waals surface area (Å²) in [5.41, 5.74) is -1.12. The number of hydrogen-bond donors (Lipinski definition) is 3. The monoisotopic (exact) mass is 343 g/mol. The van der Waals surface area contributed by atoms with E-state index in [1.807, 2.05) is 0 Å². The maximum absolute atomic E-state index is 12.4. The van der Waals surface area contributed by atoms with E-state index in [1.165, 1.54) is 24.3 Å². The largest absolute Gasteiger partial charge is 1.00 e. The zero-order chi connectivity index (χ0) is 16.2. The molecule has 3 rings (SSSR count). The van der Waals surface area contributed by atoms with Crippen molar-refractivity contribution in [3.63, 3.8) is 0 Å². The molecule has 0 saturated heterocycles. The van der Waals surface area contributed by atoms with Gasteiger partial charge in [0.05, 0.1) is 11.1 Å². The molecule has 1 aliphatic rings. The molecule has 23 heavy (non-hydrogen) atoms. The molecule has 0 saturated carbocycles. The van der Waals surface area contributed by atoms with Crippen molar-refractivity contribution < 1.29 is 62.3 Å². The minimum absolute atomic E-state index is 0. The zero-order valence-corrected chi connectivity index (χ0v) is 14.6. The number of hydrogen-bond acceptors (Lipinski definition) is 6. The second kappa shape index (κ2) is 5.73. The summed E-state index contributed by atoms with van der Waals surface area (Å²) >= 11 is 0. The molecular formula is C14H8NaO7S+. The summed E-state index contributed by atoms with van der Waals surface area (Å²) in [6, 6.07) is 6.28. The molecule has 2 aromatic rings. The second-order valence-corrected chi connectivity index (χ2v) is 6.06. The van der Waals surface area contributed by atoms with E-state index in [4.69, 9.17) is 4.55 Å². The van der Waals surface area contributed by atoms with Crippen LogP contribution in [0.15, 0.2) is 35.2 Å². The van der Waals surface area contributed by atoms with Gasteiger partial charge in [-0.25, -0.2) is 0 Å². The number of aromatic hydroxyl groups is 2. The molecule has 0 radical (unpaired) electrons. The van der Waals surface area contributed by atoms with Gasteiger partial charge in [-0.1, -0.05) is 24.3 Å². The Morgan fingerprint density at radius 1 is 0.870 bits per heavy atom. The minimum Gasteiger partial charge on any atom is -0.507 e. The zero-order valence-electron chi connectivity index (χ0n) is 11.8. The third-order valence-electron chi connectivity index (χ3n) is 3.39. The SMILES string of the molecule is O=C1c2ccccc2C(=O)c2c(O)c(S(=O)(=O)O)cc(O)c21.[Na+]. The number of fused-ring (bicyclic) bond motifs is 2. The van der Waals surface area contributed by atoms with Gasteiger partial charge in [-0.15, -0.1) is 0 Å². The molecule has 0 unspecified atom stereocenters. The molecule has 7 nitrogen and oxygen atoms in total. The first kappa shape index (κ1) is 17.6. The van der Waals surface area contributed by atoms with Crippen LogP contribution in [0.25, 0.3) is 0 Å². The van der Waals surface area contributed by atoms with Crippen molar-refractivity contribution in [2.24, 2.45) is 0 Å². The van der Waals surface area contributed by atoms with E-state index in [2.05, 4.69) is 0 Å². The van der Waals surface area contributed by atoms with E-state index in [0.717, 1.165) is 0 Å². The van der Waals surface area contributed by atoms with Crippen LogP contribution >= 0.6 is 0 Å². The van der Waals surface area contributed by atoms with Crippen LogP contribution in [0.1, 0.15) is 31.8 Å². The number of ketones is 2. The molecule has 0 aromatic heterocycles. The van der Waals surface area contributed by atoms with Gasteiger partial charge in [-0.3, -0.25) is 14.1 Å². The van der Waals surface area contributed by atoms with E-state index < -0.39 is 49.2 Å². The van der Waals surface area contributed by atoms with Crippen LogP contribution in [0.2, 0.25) is 0 Å². The smallest absolute Gasteiger partial charge is 0.507 e. The molecule has 0 aliphatic heterocycles. The van der Waals surface area contributed by atoms with E-state index in [1.54, 1.807) is 0 Å². The average Bonchev–Trinajstić information content (AvgIpc) is 2.45. The molecule has 0 amide bonds. The molecular weight excluding hydrogens is 335 g/mol. The van der Waals surface area contributed by atoms with E-state index in [9.17, 15) is 28.2 Å². The number of phenols is 2. The molecule has 0 bridgehead atoms. The Morgan fingerprint density at radius 2 is 1.35 bits per heavy atom. The van der Waals surface area contributed by atoms with Crippen LogP contribution in [0, 0.1) is 0 Å². The Balaban J connectivity index is 0.00000192. The Labute approximate surface area is 152 Å². The van der Waals surface area contributed by atoms with Crippen LogP contribution in [0.3, 0.4) is 0 Å². The molecule has 1 aliphatic carbocycles. The maximum Gasteiger partial charge on any atom is 1.00 e. The fourth-order valence-electron chi connectivity index (χ4n) is 2.43. The first-order valence-electron chi connectivity index (χ1n) is 5.98. The third kappa shape index (κ3) is 2.58.